The minimum atomic E-state index is -0.394. The Morgan fingerprint density at radius 3 is 2.46 bits per heavy atom. The molecule has 138 valence electrons. The van der Waals surface area contributed by atoms with Crippen molar-refractivity contribution in [2.45, 2.75) is 34.1 Å². The van der Waals surface area contributed by atoms with Gasteiger partial charge in [0.25, 0.3) is 11.8 Å². The van der Waals surface area contributed by atoms with Crippen molar-refractivity contribution in [3.8, 4) is 0 Å². The average molecular weight is 356 g/mol. The molecule has 1 heterocycles. The van der Waals surface area contributed by atoms with E-state index in [1.165, 1.54) is 12.1 Å². The van der Waals surface area contributed by atoms with Crippen LogP contribution in [0.4, 0.5) is 10.1 Å². The van der Waals surface area contributed by atoms with Gasteiger partial charge < -0.3 is 10.2 Å². The fourth-order valence-corrected chi connectivity index (χ4v) is 2.89. The lowest BCUT2D eigenvalue weighted by Crippen LogP contribution is -2.25. The highest BCUT2D eigenvalue weighted by Gasteiger charge is 2.25. The van der Waals surface area contributed by atoms with E-state index in [0.29, 0.717) is 22.4 Å². The van der Waals surface area contributed by atoms with Crippen LogP contribution in [0.3, 0.4) is 0 Å². The first kappa shape index (κ1) is 19.6. The molecule has 0 unspecified atom stereocenters. The second-order valence-corrected chi connectivity index (χ2v) is 6.72. The third-order valence-corrected chi connectivity index (χ3v) is 4.67. The summed E-state index contributed by atoms with van der Waals surface area (Å²) in [6.07, 6.45) is 2.48. The molecular weight excluding hydrogens is 331 g/mol. The van der Waals surface area contributed by atoms with E-state index in [1.807, 2.05) is 27.7 Å². The Hall–Kier alpha value is -2.69. The molecule has 1 aliphatic rings. The Morgan fingerprint density at radius 1 is 1.23 bits per heavy atom. The quantitative estimate of drug-likeness (QED) is 0.645. The molecule has 0 aliphatic carbocycles. The summed E-state index contributed by atoms with van der Waals surface area (Å²) in [7, 11) is 3.44. The van der Waals surface area contributed by atoms with Crippen LogP contribution in [0.15, 0.2) is 46.6 Å². The number of hydrogen-bond donors (Lipinski definition) is 1. The van der Waals surface area contributed by atoms with Crippen molar-refractivity contribution < 1.29 is 14.0 Å². The first-order valence-corrected chi connectivity index (χ1v) is 8.59. The zero-order valence-corrected chi connectivity index (χ0v) is 16.2. The molecule has 1 aromatic rings. The molecule has 0 bridgehead atoms. The van der Waals surface area contributed by atoms with Gasteiger partial charge in [-0.25, -0.2) is 4.39 Å². The van der Waals surface area contributed by atoms with E-state index in [-0.39, 0.29) is 11.8 Å². The summed E-state index contributed by atoms with van der Waals surface area (Å²) in [6.45, 7) is 7.68. The van der Waals surface area contributed by atoms with Crippen LogP contribution in [-0.2, 0) is 9.59 Å². The van der Waals surface area contributed by atoms with Crippen molar-refractivity contribution >= 4 is 23.1 Å². The summed E-state index contributed by atoms with van der Waals surface area (Å²) in [6, 6.07) is 4.22. The second kappa shape index (κ2) is 7.68. The maximum Gasteiger partial charge on any atom is 0.256 e. The number of benzene rings is 1. The third-order valence-electron chi connectivity index (χ3n) is 4.67. The molecule has 2 rings (SSSR count). The summed E-state index contributed by atoms with van der Waals surface area (Å²) >= 11 is 0. The molecule has 1 aromatic carbocycles. The summed E-state index contributed by atoms with van der Waals surface area (Å²) in [5.74, 6) is -0.731. The van der Waals surface area contributed by atoms with E-state index in [9.17, 15) is 14.0 Å². The minimum Gasteiger partial charge on any atom is -0.345 e. The van der Waals surface area contributed by atoms with Gasteiger partial charge in [0.05, 0.1) is 0 Å². The molecule has 0 saturated carbocycles. The number of hydrogen-bond acceptors (Lipinski definition) is 2. The number of likely N-dealkylation sites (N-methyl/N-ethyl adjacent to an activating group) is 1. The predicted molar refractivity (Wildman–Crippen MR) is 103 cm³/mol. The highest BCUT2D eigenvalue weighted by atomic mass is 19.1. The van der Waals surface area contributed by atoms with Gasteiger partial charge in [0.1, 0.15) is 5.82 Å². The Balaban J connectivity index is 2.58. The first-order chi connectivity index (χ1) is 12.2. The van der Waals surface area contributed by atoms with Crippen LogP contribution in [0.1, 0.15) is 39.7 Å². The van der Waals surface area contributed by atoms with Crippen molar-refractivity contribution in [2.24, 2.45) is 0 Å². The number of fused-ring (bicyclic) bond motifs is 1. The molecule has 0 saturated heterocycles. The SMILES string of the molecule is CC\C(C)=C(C(=O)N(C)C)/C(C)=C(C)/C=C1\C(=O)Nc2ccc(F)cc21. The lowest BCUT2D eigenvalue weighted by Gasteiger charge is -2.18. The van der Waals surface area contributed by atoms with Crippen molar-refractivity contribution in [3.63, 3.8) is 0 Å². The summed E-state index contributed by atoms with van der Waals surface area (Å²) in [4.78, 5) is 26.5. The van der Waals surface area contributed by atoms with Crippen molar-refractivity contribution in [3.05, 3.63) is 57.9 Å². The standard InChI is InChI=1S/C21H25FN2O2/c1-7-12(2)19(21(26)24(5)6)14(4)13(3)10-17-16-11-15(22)8-9-18(16)23-20(17)25/h8-11H,7H2,1-6H3,(H,23,25)/b14-13+,17-10-,19-12+. The lowest BCUT2D eigenvalue weighted by molar-refractivity contribution is -0.124. The van der Waals surface area contributed by atoms with Crippen LogP contribution in [0.5, 0.6) is 0 Å². The minimum absolute atomic E-state index is 0.0677. The fraction of sp³-hybridized carbons (Fsp3) is 0.333. The number of anilines is 1. The molecule has 0 aromatic heterocycles. The van der Waals surface area contributed by atoms with Gasteiger partial charge >= 0.3 is 0 Å². The van der Waals surface area contributed by atoms with Gasteiger partial charge in [0.2, 0.25) is 0 Å². The topological polar surface area (TPSA) is 49.4 Å². The third kappa shape index (κ3) is 3.77. The average Bonchev–Trinajstić information content (AvgIpc) is 2.89. The van der Waals surface area contributed by atoms with E-state index in [0.717, 1.165) is 23.1 Å². The van der Waals surface area contributed by atoms with Gasteiger partial charge in [-0.3, -0.25) is 9.59 Å². The van der Waals surface area contributed by atoms with Crippen molar-refractivity contribution in [2.75, 3.05) is 19.4 Å². The van der Waals surface area contributed by atoms with Crippen LogP contribution in [0.25, 0.3) is 5.57 Å². The van der Waals surface area contributed by atoms with Crippen LogP contribution in [-0.4, -0.2) is 30.8 Å². The van der Waals surface area contributed by atoms with Gasteiger partial charge in [-0.05, 0) is 62.6 Å². The van der Waals surface area contributed by atoms with E-state index in [4.69, 9.17) is 0 Å². The monoisotopic (exact) mass is 356 g/mol. The summed E-state index contributed by atoms with van der Waals surface area (Å²) in [5.41, 5.74) is 4.79. The van der Waals surface area contributed by atoms with Crippen LogP contribution in [0.2, 0.25) is 0 Å². The number of amides is 2. The van der Waals surface area contributed by atoms with Crippen molar-refractivity contribution in [1.82, 2.24) is 4.90 Å². The number of halogens is 1. The molecular formula is C21H25FN2O2. The highest BCUT2D eigenvalue weighted by Crippen LogP contribution is 2.34. The van der Waals surface area contributed by atoms with Gasteiger partial charge in [-0.2, -0.15) is 0 Å². The molecule has 0 atom stereocenters. The Morgan fingerprint density at radius 2 is 1.88 bits per heavy atom. The Kier molecular flexibility index (Phi) is 5.80. The number of rotatable bonds is 4. The maximum atomic E-state index is 13.6. The van der Waals surface area contributed by atoms with E-state index in [1.54, 1.807) is 31.1 Å². The van der Waals surface area contributed by atoms with Gasteiger partial charge in [-0.15, -0.1) is 0 Å². The zero-order chi connectivity index (χ0) is 19.6. The zero-order valence-electron chi connectivity index (χ0n) is 16.2. The maximum absolute atomic E-state index is 13.6. The number of nitrogens with zero attached hydrogens (tertiary/aromatic N) is 1. The predicted octanol–water partition coefficient (Wildman–Crippen LogP) is 4.31. The molecule has 2 amide bonds. The second-order valence-electron chi connectivity index (χ2n) is 6.72. The number of nitrogens with one attached hydrogen (secondary N) is 1. The summed E-state index contributed by atoms with van der Waals surface area (Å²) < 4.78 is 13.6. The molecule has 5 heteroatoms. The largest absolute Gasteiger partial charge is 0.345 e. The van der Waals surface area contributed by atoms with Crippen LogP contribution >= 0.6 is 0 Å². The fourth-order valence-electron chi connectivity index (χ4n) is 2.89. The number of allylic oxidation sites excluding steroid dienone is 3. The van der Waals surface area contributed by atoms with Gasteiger partial charge in [0.15, 0.2) is 0 Å². The van der Waals surface area contributed by atoms with Gasteiger partial charge in [0, 0.05) is 36.5 Å². The molecule has 0 fully saturated rings. The summed E-state index contributed by atoms with van der Waals surface area (Å²) in [5, 5.41) is 2.74. The van der Waals surface area contributed by atoms with Gasteiger partial charge in [-0.1, -0.05) is 12.5 Å². The smallest absolute Gasteiger partial charge is 0.256 e. The highest BCUT2D eigenvalue weighted by molar-refractivity contribution is 6.31. The van der Waals surface area contributed by atoms with Crippen molar-refractivity contribution in [1.29, 1.82) is 0 Å². The molecule has 4 nitrogen and oxygen atoms in total. The molecule has 0 radical (unpaired) electrons. The first-order valence-electron chi connectivity index (χ1n) is 8.59. The van der Waals surface area contributed by atoms with Crippen LogP contribution in [0, 0.1) is 5.82 Å². The number of carbonyl (C=O) groups excluding carboxylic acids is 2. The normalized spacial score (nSPS) is 16.7. The number of carbonyl (C=O) groups is 2. The molecule has 0 spiro atoms. The molecule has 1 N–H and O–H groups in total. The van der Waals surface area contributed by atoms with Crippen LogP contribution < -0.4 is 5.32 Å². The van der Waals surface area contributed by atoms with E-state index in [2.05, 4.69) is 5.32 Å². The Labute approximate surface area is 154 Å². The lowest BCUT2D eigenvalue weighted by atomic mass is 9.93. The molecule has 26 heavy (non-hydrogen) atoms. The molecule has 1 aliphatic heterocycles. The van der Waals surface area contributed by atoms with E-state index >= 15 is 0 Å². The van der Waals surface area contributed by atoms with E-state index < -0.39 is 5.82 Å². The Bertz CT molecular complexity index is 861.